The number of hydrogen-bond acceptors (Lipinski definition) is 4. The standard InChI is InChI=1S/C21H23NO4/c1-24-19-12-20(25-15-17-8-4-2-5-9-17)14-22(13-19)21(23)26-16-18-10-6-3-7-11-18/h2-12,20H,13-16H2,1H3. The molecule has 2 aromatic rings. The van der Waals surface area contributed by atoms with Gasteiger partial charge in [0.2, 0.25) is 0 Å². The molecule has 136 valence electrons. The van der Waals surface area contributed by atoms with Crippen LogP contribution in [0.1, 0.15) is 11.1 Å². The SMILES string of the molecule is COC1=CC(OCc2ccccc2)CN(C(=O)OCc2ccccc2)C1. The molecule has 2 aromatic carbocycles. The number of amides is 1. The van der Waals surface area contributed by atoms with Crippen LogP contribution in [-0.4, -0.2) is 37.3 Å². The van der Waals surface area contributed by atoms with Crippen LogP contribution in [0.3, 0.4) is 0 Å². The summed E-state index contributed by atoms with van der Waals surface area (Å²) in [5.74, 6) is 0.700. The third-order valence-corrected chi connectivity index (χ3v) is 4.15. The average Bonchev–Trinajstić information content (AvgIpc) is 2.71. The summed E-state index contributed by atoms with van der Waals surface area (Å²) in [6, 6.07) is 19.6. The average molecular weight is 353 g/mol. The summed E-state index contributed by atoms with van der Waals surface area (Å²) in [6.07, 6.45) is 1.32. The van der Waals surface area contributed by atoms with E-state index in [1.807, 2.05) is 66.7 Å². The van der Waals surface area contributed by atoms with Crippen molar-refractivity contribution >= 4 is 6.09 Å². The van der Waals surface area contributed by atoms with Gasteiger partial charge in [-0.05, 0) is 17.2 Å². The van der Waals surface area contributed by atoms with Gasteiger partial charge >= 0.3 is 6.09 Å². The number of benzene rings is 2. The second-order valence-electron chi connectivity index (χ2n) is 6.09. The van der Waals surface area contributed by atoms with Gasteiger partial charge in [0.05, 0.1) is 32.9 Å². The van der Waals surface area contributed by atoms with Crippen molar-refractivity contribution in [2.45, 2.75) is 19.3 Å². The minimum absolute atomic E-state index is 0.233. The molecule has 0 bridgehead atoms. The number of rotatable bonds is 6. The summed E-state index contributed by atoms with van der Waals surface area (Å²) in [5.41, 5.74) is 2.04. The quantitative estimate of drug-likeness (QED) is 0.793. The molecule has 1 aliphatic rings. The summed E-state index contributed by atoms with van der Waals surface area (Å²) >= 11 is 0. The zero-order valence-electron chi connectivity index (χ0n) is 14.8. The van der Waals surface area contributed by atoms with Crippen molar-refractivity contribution in [3.8, 4) is 0 Å². The predicted octanol–water partition coefficient (Wildman–Crippen LogP) is 3.75. The van der Waals surface area contributed by atoms with Crippen molar-refractivity contribution < 1.29 is 19.0 Å². The van der Waals surface area contributed by atoms with Gasteiger partial charge in [0, 0.05) is 0 Å². The molecule has 1 heterocycles. The smallest absolute Gasteiger partial charge is 0.410 e. The van der Waals surface area contributed by atoms with Crippen LogP contribution >= 0.6 is 0 Å². The third kappa shape index (κ3) is 5.10. The van der Waals surface area contributed by atoms with Gasteiger partial charge in [-0.25, -0.2) is 4.79 Å². The lowest BCUT2D eigenvalue weighted by Crippen LogP contribution is -2.43. The summed E-state index contributed by atoms with van der Waals surface area (Å²) in [5, 5.41) is 0. The predicted molar refractivity (Wildman–Crippen MR) is 98.3 cm³/mol. The fraction of sp³-hybridized carbons (Fsp3) is 0.286. The molecule has 0 saturated carbocycles. The Bertz CT molecular complexity index is 730. The topological polar surface area (TPSA) is 48.0 Å². The van der Waals surface area contributed by atoms with Crippen molar-refractivity contribution in [3.63, 3.8) is 0 Å². The zero-order valence-corrected chi connectivity index (χ0v) is 14.8. The number of methoxy groups -OCH3 is 1. The Balaban J connectivity index is 1.56. The fourth-order valence-corrected chi connectivity index (χ4v) is 2.74. The Morgan fingerprint density at radius 3 is 2.23 bits per heavy atom. The van der Waals surface area contributed by atoms with E-state index in [1.165, 1.54) is 0 Å². The van der Waals surface area contributed by atoms with Crippen LogP contribution in [0.2, 0.25) is 0 Å². The maximum Gasteiger partial charge on any atom is 0.410 e. The largest absolute Gasteiger partial charge is 0.499 e. The lowest BCUT2D eigenvalue weighted by atomic mass is 10.2. The molecule has 0 aliphatic carbocycles. The summed E-state index contributed by atoms with van der Waals surface area (Å²) in [7, 11) is 1.60. The molecule has 0 N–H and O–H groups in total. The van der Waals surface area contributed by atoms with Crippen LogP contribution in [0, 0.1) is 0 Å². The monoisotopic (exact) mass is 353 g/mol. The lowest BCUT2D eigenvalue weighted by molar-refractivity contribution is 0.0222. The van der Waals surface area contributed by atoms with Gasteiger partial charge in [0.25, 0.3) is 0 Å². The second-order valence-corrected chi connectivity index (χ2v) is 6.09. The van der Waals surface area contributed by atoms with Crippen molar-refractivity contribution in [1.82, 2.24) is 4.90 Å². The maximum atomic E-state index is 12.4. The van der Waals surface area contributed by atoms with Crippen molar-refractivity contribution in [1.29, 1.82) is 0 Å². The molecule has 5 nitrogen and oxygen atoms in total. The molecule has 0 aromatic heterocycles. The van der Waals surface area contributed by atoms with Crippen LogP contribution in [0.15, 0.2) is 72.5 Å². The molecule has 0 fully saturated rings. The van der Waals surface area contributed by atoms with Gasteiger partial charge in [0.1, 0.15) is 12.4 Å². The normalized spacial score (nSPS) is 16.7. The number of hydrogen-bond donors (Lipinski definition) is 0. The molecule has 0 saturated heterocycles. The first-order valence-corrected chi connectivity index (χ1v) is 8.60. The van der Waals surface area contributed by atoms with Crippen LogP contribution in [0.25, 0.3) is 0 Å². The molecule has 0 radical (unpaired) electrons. The fourth-order valence-electron chi connectivity index (χ4n) is 2.74. The van der Waals surface area contributed by atoms with Gasteiger partial charge in [-0.15, -0.1) is 0 Å². The van der Waals surface area contributed by atoms with E-state index in [0.717, 1.165) is 11.1 Å². The van der Waals surface area contributed by atoms with Crippen molar-refractivity contribution in [2.75, 3.05) is 20.2 Å². The molecule has 1 aliphatic heterocycles. The molecule has 3 rings (SSSR count). The Morgan fingerprint density at radius 1 is 1.00 bits per heavy atom. The molecular weight excluding hydrogens is 330 g/mol. The number of carbonyl (C=O) groups is 1. The van der Waals surface area contributed by atoms with E-state index in [4.69, 9.17) is 14.2 Å². The summed E-state index contributed by atoms with van der Waals surface area (Å²) in [4.78, 5) is 14.0. The van der Waals surface area contributed by atoms with E-state index in [9.17, 15) is 4.79 Å². The first kappa shape index (κ1) is 18.0. The highest BCUT2D eigenvalue weighted by Gasteiger charge is 2.26. The van der Waals surface area contributed by atoms with Gasteiger partial charge in [0.15, 0.2) is 0 Å². The summed E-state index contributed by atoms with van der Waals surface area (Å²) in [6.45, 7) is 1.55. The third-order valence-electron chi connectivity index (χ3n) is 4.15. The van der Waals surface area contributed by atoms with Crippen LogP contribution < -0.4 is 0 Å². The molecule has 26 heavy (non-hydrogen) atoms. The van der Waals surface area contributed by atoms with E-state index in [-0.39, 0.29) is 18.8 Å². The summed E-state index contributed by atoms with van der Waals surface area (Å²) < 4.78 is 16.7. The van der Waals surface area contributed by atoms with E-state index in [1.54, 1.807) is 12.0 Å². The van der Waals surface area contributed by atoms with Gasteiger partial charge < -0.3 is 14.2 Å². The highest BCUT2D eigenvalue weighted by Crippen LogP contribution is 2.16. The number of ether oxygens (including phenoxy) is 3. The molecule has 5 heteroatoms. The van der Waals surface area contributed by atoms with Crippen LogP contribution in [-0.2, 0) is 27.4 Å². The first-order valence-electron chi connectivity index (χ1n) is 8.60. The Morgan fingerprint density at radius 2 is 1.62 bits per heavy atom. The maximum absolute atomic E-state index is 12.4. The highest BCUT2D eigenvalue weighted by molar-refractivity contribution is 5.68. The zero-order chi connectivity index (χ0) is 18.2. The van der Waals surface area contributed by atoms with Crippen molar-refractivity contribution in [3.05, 3.63) is 83.6 Å². The minimum atomic E-state index is -0.371. The Hall–Kier alpha value is -2.79. The number of nitrogens with zero attached hydrogens (tertiary/aromatic N) is 1. The van der Waals surface area contributed by atoms with E-state index in [0.29, 0.717) is 25.5 Å². The molecular formula is C21H23NO4. The van der Waals surface area contributed by atoms with Gasteiger partial charge in [-0.1, -0.05) is 60.7 Å². The molecule has 0 spiro atoms. The molecule has 1 unspecified atom stereocenters. The van der Waals surface area contributed by atoms with Gasteiger partial charge in [-0.2, -0.15) is 0 Å². The van der Waals surface area contributed by atoms with Crippen molar-refractivity contribution in [2.24, 2.45) is 0 Å². The van der Waals surface area contributed by atoms with E-state index >= 15 is 0 Å². The van der Waals surface area contributed by atoms with E-state index < -0.39 is 0 Å². The Kier molecular flexibility index (Phi) is 6.28. The first-order chi connectivity index (χ1) is 12.7. The van der Waals surface area contributed by atoms with E-state index in [2.05, 4.69) is 0 Å². The van der Waals surface area contributed by atoms with Crippen LogP contribution in [0.5, 0.6) is 0 Å². The minimum Gasteiger partial charge on any atom is -0.499 e. The molecule has 1 amide bonds. The Labute approximate surface area is 153 Å². The number of carbonyl (C=O) groups excluding carboxylic acids is 1. The second kappa shape index (κ2) is 9.06. The van der Waals surface area contributed by atoms with Crippen LogP contribution in [0.4, 0.5) is 4.79 Å². The highest BCUT2D eigenvalue weighted by atomic mass is 16.6. The molecule has 1 atom stereocenters. The lowest BCUT2D eigenvalue weighted by Gasteiger charge is -2.30. The van der Waals surface area contributed by atoms with Gasteiger partial charge in [-0.3, -0.25) is 4.90 Å².